The summed E-state index contributed by atoms with van der Waals surface area (Å²) in [6, 6.07) is 16.1. The van der Waals surface area contributed by atoms with E-state index in [1.54, 1.807) is 30.5 Å². The summed E-state index contributed by atoms with van der Waals surface area (Å²) < 4.78 is 29.6. The third-order valence-electron chi connectivity index (χ3n) is 4.31. The maximum absolute atomic E-state index is 12.1. The van der Waals surface area contributed by atoms with Crippen LogP contribution in [0.5, 0.6) is 5.75 Å². The van der Waals surface area contributed by atoms with E-state index < -0.39 is 26.5 Å². The second-order valence-corrected chi connectivity index (χ2v) is 8.24. The molecule has 1 atom stereocenters. The fourth-order valence-electron chi connectivity index (χ4n) is 3.04. The Morgan fingerprint density at radius 3 is 2.41 bits per heavy atom. The first-order valence-corrected chi connectivity index (χ1v) is 10.5. The predicted molar refractivity (Wildman–Crippen MR) is 109 cm³/mol. The number of hydrogen-bond acceptors (Lipinski definition) is 7. The molecule has 0 radical (unpaired) electrons. The highest BCUT2D eigenvalue weighted by atomic mass is 32.2. The van der Waals surface area contributed by atoms with Crippen LogP contribution >= 0.6 is 0 Å². The summed E-state index contributed by atoms with van der Waals surface area (Å²) in [4.78, 5) is 15.0. The lowest BCUT2D eigenvalue weighted by Gasteiger charge is -2.22. The van der Waals surface area contributed by atoms with Gasteiger partial charge in [0.25, 0.3) is 0 Å². The second-order valence-electron chi connectivity index (χ2n) is 6.26. The zero-order valence-electron chi connectivity index (χ0n) is 15.8. The third kappa shape index (κ3) is 4.35. The number of rotatable bonds is 7. The molecule has 150 valence electrons. The molecule has 0 amide bonds. The van der Waals surface area contributed by atoms with Crippen LogP contribution in [0.3, 0.4) is 0 Å². The first-order chi connectivity index (χ1) is 13.8. The highest BCUT2D eigenvalue weighted by Crippen LogP contribution is 2.37. The summed E-state index contributed by atoms with van der Waals surface area (Å²) in [5, 5.41) is 14.8. The van der Waals surface area contributed by atoms with Gasteiger partial charge in [-0.15, -0.1) is 0 Å². The summed E-state index contributed by atoms with van der Waals surface area (Å²) in [7, 11) is -2.27. The Morgan fingerprint density at radius 2 is 1.79 bits per heavy atom. The Bertz CT molecular complexity index is 1130. The van der Waals surface area contributed by atoms with Crippen molar-refractivity contribution in [3.63, 3.8) is 0 Å². The molecule has 1 aromatic heterocycles. The zero-order chi connectivity index (χ0) is 21.0. The summed E-state index contributed by atoms with van der Waals surface area (Å²) in [6.07, 6.45) is 2.55. The SMILES string of the molecule is COc1ccccc1C(Nc1cccc(S(C)(=O)=O)c1[N+](=O)[O-])c1ccccn1. The van der Waals surface area contributed by atoms with Gasteiger partial charge in [-0.25, -0.2) is 8.42 Å². The van der Waals surface area contributed by atoms with Crippen molar-refractivity contribution in [3.05, 3.63) is 88.2 Å². The lowest BCUT2D eigenvalue weighted by molar-refractivity contribution is -0.386. The molecule has 29 heavy (non-hydrogen) atoms. The van der Waals surface area contributed by atoms with Crippen molar-refractivity contribution in [2.24, 2.45) is 0 Å². The topological polar surface area (TPSA) is 111 Å². The first kappa shape index (κ1) is 20.3. The van der Waals surface area contributed by atoms with Crippen LogP contribution in [-0.4, -0.2) is 31.7 Å². The minimum Gasteiger partial charge on any atom is -0.496 e. The predicted octanol–water partition coefficient (Wildman–Crippen LogP) is 3.60. The highest BCUT2D eigenvalue weighted by molar-refractivity contribution is 7.90. The Balaban J connectivity index is 2.19. The smallest absolute Gasteiger partial charge is 0.310 e. The van der Waals surface area contributed by atoms with Crippen molar-refractivity contribution in [3.8, 4) is 5.75 Å². The highest BCUT2D eigenvalue weighted by Gasteiger charge is 2.29. The minimum atomic E-state index is -3.80. The number of ether oxygens (including phenoxy) is 1. The molecule has 8 nitrogen and oxygen atoms in total. The number of sulfone groups is 1. The van der Waals surface area contributed by atoms with Gasteiger partial charge in [0.05, 0.1) is 23.8 Å². The molecule has 3 aromatic rings. The second kappa shape index (κ2) is 8.27. The number of nitro groups is 1. The van der Waals surface area contributed by atoms with E-state index in [1.165, 1.54) is 25.3 Å². The number of benzene rings is 2. The van der Waals surface area contributed by atoms with Crippen molar-refractivity contribution in [1.29, 1.82) is 0 Å². The van der Waals surface area contributed by atoms with E-state index in [-0.39, 0.29) is 10.6 Å². The molecule has 0 aliphatic carbocycles. The number of hydrogen-bond donors (Lipinski definition) is 1. The van der Waals surface area contributed by atoms with E-state index in [1.807, 2.05) is 18.2 Å². The molecule has 0 fully saturated rings. The largest absolute Gasteiger partial charge is 0.496 e. The summed E-state index contributed by atoms with van der Waals surface area (Å²) in [5.41, 5.74) is 0.856. The number of aromatic nitrogens is 1. The fourth-order valence-corrected chi connectivity index (χ4v) is 3.91. The van der Waals surface area contributed by atoms with Crippen LogP contribution < -0.4 is 10.1 Å². The monoisotopic (exact) mass is 413 g/mol. The van der Waals surface area contributed by atoms with Gasteiger partial charge < -0.3 is 10.1 Å². The average molecular weight is 413 g/mol. The molecule has 1 unspecified atom stereocenters. The van der Waals surface area contributed by atoms with E-state index in [9.17, 15) is 18.5 Å². The van der Waals surface area contributed by atoms with Gasteiger partial charge in [-0.2, -0.15) is 0 Å². The fraction of sp³-hybridized carbons (Fsp3) is 0.150. The lowest BCUT2D eigenvalue weighted by atomic mass is 10.0. The van der Waals surface area contributed by atoms with E-state index in [2.05, 4.69) is 10.3 Å². The quantitative estimate of drug-likeness (QED) is 0.465. The summed E-state index contributed by atoms with van der Waals surface area (Å²) in [5.74, 6) is 0.567. The number of nitrogens with zero attached hydrogens (tertiary/aromatic N) is 2. The lowest BCUT2D eigenvalue weighted by Crippen LogP contribution is -2.16. The van der Waals surface area contributed by atoms with Gasteiger partial charge in [0.1, 0.15) is 16.3 Å². The van der Waals surface area contributed by atoms with Crippen LogP contribution in [-0.2, 0) is 9.84 Å². The van der Waals surface area contributed by atoms with Crippen LogP contribution in [0, 0.1) is 10.1 Å². The number of nitrogens with one attached hydrogen (secondary N) is 1. The maximum Gasteiger partial charge on any atom is 0.310 e. The van der Waals surface area contributed by atoms with Gasteiger partial charge in [0.15, 0.2) is 9.84 Å². The molecule has 0 bridgehead atoms. The number of nitro benzene ring substituents is 1. The zero-order valence-corrected chi connectivity index (χ0v) is 16.6. The Labute approximate surface area is 168 Å². The number of anilines is 1. The van der Waals surface area contributed by atoms with Crippen LogP contribution in [0.25, 0.3) is 0 Å². The molecular weight excluding hydrogens is 394 g/mol. The molecule has 3 rings (SSSR count). The van der Waals surface area contributed by atoms with Gasteiger partial charge in [-0.1, -0.05) is 30.3 Å². The van der Waals surface area contributed by atoms with E-state index in [0.29, 0.717) is 17.0 Å². The van der Waals surface area contributed by atoms with Crippen molar-refractivity contribution >= 4 is 21.2 Å². The molecule has 0 saturated carbocycles. The van der Waals surface area contributed by atoms with Gasteiger partial charge in [0.2, 0.25) is 0 Å². The molecule has 9 heteroatoms. The van der Waals surface area contributed by atoms with Crippen molar-refractivity contribution in [2.45, 2.75) is 10.9 Å². The molecule has 1 N–H and O–H groups in total. The van der Waals surface area contributed by atoms with Crippen LogP contribution in [0.1, 0.15) is 17.3 Å². The molecule has 0 aliphatic heterocycles. The Hall–Kier alpha value is -3.46. The molecule has 0 saturated heterocycles. The van der Waals surface area contributed by atoms with Crippen LogP contribution in [0.15, 0.2) is 71.8 Å². The Morgan fingerprint density at radius 1 is 1.07 bits per heavy atom. The summed E-state index contributed by atoms with van der Waals surface area (Å²) in [6.45, 7) is 0. The Kier molecular flexibility index (Phi) is 5.79. The number of para-hydroxylation sites is 2. The van der Waals surface area contributed by atoms with E-state index in [0.717, 1.165) is 6.26 Å². The third-order valence-corrected chi connectivity index (χ3v) is 5.44. The molecule has 0 aliphatic rings. The normalized spacial score (nSPS) is 12.2. The van der Waals surface area contributed by atoms with Crippen LogP contribution in [0.2, 0.25) is 0 Å². The first-order valence-electron chi connectivity index (χ1n) is 8.60. The van der Waals surface area contributed by atoms with Gasteiger partial charge >= 0.3 is 5.69 Å². The number of pyridine rings is 1. The van der Waals surface area contributed by atoms with E-state index >= 15 is 0 Å². The average Bonchev–Trinajstić information content (AvgIpc) is 2.71. The van der Waals surface area contributed by atoms with Crippen molar-refractivity contribution in [2.75, 3.05) is 18.7 Å². The van der Waals surface area contributed by atoms with E-state index in [4.69, 9.17) is 4.74 Å². The minimum absolute atomic E-state index is 0.0690. The summed E-state index contributed by atoms with van der Waals surface area (Å²) >= 11 is 0. The van der Waals surface area contributed by atoms with Gasteiger partial charge in [-0.3, -0.25) is 15.1 Å². The maximum atomic E-state index is 12.1. The van der Waals surface area contributed by atoms with Gasteiger partial charge in [-0.05, 0) is 30.3 Å². The van der Waals surface area contributed by atoms with Crippen molar-refractivity contribution in [1.82, 2.24) is 4.98 Å². The standard InChI is InChI=1S/C20H19N3O5S/c1-28-17-11-4-3-8-14(17)19(15-9-5-6-13-21-15)22-16-10-7-12-18(29(2,26)27)20(16)23(24)25/h3-13,19,22H,1-2H3. The molecule has 0 spiro atoms. The van der Waals surface area contributed by atoms with Crippen LogP contribution in [0.4, 0.5) is 11.4 Å². The molecular formula is C20H19N3O5S. The number of methoxy groups -OCH3 is 1. The van der Waals surface area contributed by atoms with Crippen molar-refractivity contribution < 1.29 is 18.1 Å². The molecule has 1 heterocycles. The van der Waals surface area contributed by atoms with Gasteiger partial charge in [0, 0.05) is 18.0 Å². The molecule has 2 aromatic carbocycles.